The zero-order valence-electron chi connectivity index (χ0n) is 14.8. The summed E-state index contributed by atoms with van der Waals surface area (Å²) in [6.45, 7) is 4.94. The van der Waals surface area contributed by atoms with E-state index in [9.17, 15) is 14.4 Å². The number of hydrogen-bond acceptors (Lipinski definition) is 4. The number of amides is 2. The minimum absolute atomic E-state index is 0.0801. The van der Waals surface area contributed by atoms with Crippen LogP contribution in [0, 0.1) is 23.2 Å². The molecular weight excluding hydrogens is 326 g/mol. The number of aliphatic carboxylic acids is 1. The Morgan fingerprint density at radius 3 is 2.24 bits per heavy atom. The molecule has 25 heavy (non-hydrogen) atoms. The van der Waals surface area contributed by atoms with Gasteiger partial charge in [0.05, 0.1) is 11.8 Å². The van der Waals surface area contributed by atoms with Gasteiger partial charge in [-0.05, 0) is 31.6 Å². The number of nitrogens with one attached hydrogen (secondary N) is 4. The maximum Gasteiger partial charge on any atom is 0.307 e. The highest BCUT2D eigenvalue weighted by atomic mass is 16.4. The molecule has 0 saturated heterocycles. The smallest absolute Gasteiger partial charge is 0.307 e. The van der Waals surface area contributed by atoms with Crippen LogP contribution in [0.3, 0.4) is 0 Å². The Bertz CT molecular complexity index is 509. The molecule has 2 amide bonds. The van der Waals surface area contributed by atoms with Crippen LogP contribution in [0.2, 0.25) is 0 Å². The molecular formula is C16H29N5O4. The van der Waals surface area contributed by atoms with E-state index in [1.807, 2.05) is 13.8 Å². The number of carboxylic acid groups (broad SMARTS) is 1. The predicted octanol–water partition coefficient (Wildman–Crippen LogP) is -0.383. The van der Waals surface area contributed by atoms with Crippen LogP contribution in [0.1, 0.15) is 39.5 Å². The van der Waals surface area contributed by atoms with Crippen LogP contribution in [0.15, 0.2) is 0 Å². The van der Waals surface area contributed by atoms with Crippen LogP contribution in [-0.4, -0.2) is 48.0 Å². The third kappa shape index (κ3) is 7.86. The molecule has 0 spiro atoms. The number of carbonyl (C=O) groups excluding carboxylic acids is 2. The Labute approximate surface area is 147 Å². The lowest BCUT2D eigenvalue weighted by atomic mass is 10.0. The lowest BCUT2D eigenvalue weighted by Crippen LogP contribution is -2.48. The molecule has 0 aromatic carbocycles. The second kappa shape index (κ2) is 9.85. The molecule has 142 valence electrons. The number of rotatable bonds is 11. The molecule has 3 unspecified atom stereocenters. The maximum atomic E-state index is 12.3. The number of unbranched alkanes of at least 4 members (excludes halogenated alkanes) is 1. The van der Waals surface area contributed by atoms with Gasteiger partial charge in [0.25, 0.3) is 0 Å². The summed E-state index contributed by atoms with van der Waals surface area (Å²) in [5, 5.41) is 24.1. The van der Waals surface area contributed by atoms with E-state index in [-0.39, 0.29) is 23.7 Å². The Morgan fingerprint density at radius 1 is 1.16 bits per heavy atom. The Morgan fingerprint density at radius 2 is 1.76 bits per heavy atom. The van der Waals surface area contributed by atoms with E-state index in [4.69, 9.17) is 16.2 Å². The van der Waals surface area contributed by atoms with Gasteiger partial charge in [0.1, 0.15) is 6.04 Å². The largest absolute Gasteiger partial charge is 0.481 e. The Kier molecular flexibility index (Phi) is 8.17. The van der Waals surface area contributed by atoms with Gasteiger partial charge in [-0.2, -0.15) is 0 Å². The first-order valence-electron chi connectivity index (χ1n) is 8.61. The first-order valence-corrected chi connectivity index (χ1v) is 8.61. The van der Waals surface area contributed by atoms with Crippen molar-refractivity contribution in [3.63, 3.8) is 0 Å². The normalized spacial score (nSPS) is 19.8. The minimum Gasteiger partial charge on any atom is -0.481 e. The molecule has 0 aliphatic heterocycles. The summed E-state index contributed by atoms with van der Waals surface area (Å²) in [5.41, 5.74) is 5.17. The van der Waals surface area contributed by atoms with Crippen molar-refractivity contribution in [2.75, 3.05) is 13.1 Å². The highest BCUT2D eigenvalue weighted by Gasteiger charge is 2.48. The fourth-order valence-electron chi connectivity index (χ4n) is 2.55. The molecule has 7 N–H and O–H groups in total. The van der Waals surface area contributed by atoms with Crippen molar-refractivity contribution in [2.24, 2.45) is 23.5 Å². The summed E-state index contributed by atoms with van der Waals surface area (Å²) in [7, 11) is 0. The first kappa shape index (κ1) is 20.7. The molecule has 9 heteroatoms. The summed E-state index contributed by atoms with van der Waals surface area (Å²) < 4.78 is 0. The number of hydrogen-bond donors (Lipinski definition) is 6. The van der Waals surface area contributed by atoms with Gasteiger partial charge in [0.15, 0.2) is 5.96 Å². The Balaban J connectivity index is 2.38. The molecule has 1 aliphatic rings. The third-order valence-electron chi connectivity index (χ3n) is 4.00. The number of nitrogens with two attached hydrogens (primary N) is 1. The van der Waals surface area contributed by atoms with E-state index in [2.05, 4.69) is 16.0 Å². The summed E-state index contributed by atoms with van der Waals surface area (Å²) in [4.78, 5) is 35.3. The highest BCUT2D eigenvalue weighted by Crippen LogP contribution is 2.38. The molecule has 1 saturated carbocycles. The van der Waals surface area contributed by atoms with Crippen molar-refractivity contribution >= 4 is 23.7 Å². The van der Waals surface area contributed by atoms with Crippen LogP contribution in [0.4, 0.5) is 0 Å². The van der Waals surface area contributed by atoms with Gasteiger partial charge in [-0.15, -0.1) is 0 Å². The molecule has 1 aliphatic carbocycles. The van der Waals surface area contributed by atoms with E-state index >= 15 is 0 Å². The zero-order valence-corrected chi connectivity index (χ0v) is 14.8. The molecule has 0 heterocycles. The zero-order chi connectivity index (χ0) is 19.0. The number of guanidine groups is 1. The topological polar surface area (TPSA) is 157 Å². The molecule has 1 rings (SSSR count). The van der Waals surface area contributed by atoms with Gasteiger partial charge in [-0.25, -0.2) is 0 Å². The fraction of sp³-hybridized carbons (Fsp3) is 0.750. The molecule has 0 radical (unpaired) electrons. The van der Waals surface area contributed by atoms with Crippen molar-refractivity contribution in [1.29, 1.82) is 5.41 Å². The van der Waals surface area contributed by atoms with Crippen molar-refractivity contribution in [2.45, 2.75) is 45.6 Å². The SMILES string of the molecule is CC(C)CC(NC(=O)C1CC1C(=O)O)C(=O)NCCCCNC(=N)N. The van der Waals surface area contributed by atoms with Gasteiger partial charge in [0.2, 0.25) is 11.8 Å². The molecule has 3 atom stereocenters. The number of carboxylic acids is 1. The van der Waals surface area contributed by atoms with Crippen LogP contribution in [-0.2, 0) is 14.4 Å². The van der Waals surface area contributed by atoms with Crippen molar-refractivity contribution in [3.8, 4) is 0 Å². The summed E-state index contributed by atoms with van der Waals surface area (Å²) >= 11 is 0. The predicted molar refractivity (Wildman–Crippen MR) is 92.8 cm³/mol. The van der Waals surface area contributed by atoms with E-state index < -0.39 is 23.8 Å². The van der Waals surface area contributed by atoms with E-state index in [1.165, 1.54) is 0 Å². The van der Waals surface area contributed by atoms with Gasteiger partial charge in [-0.3, -0.25) is 19.8 Å². The van der Waals surface area contributed by atoms with Gasteiger partial charge >= 0.3 is 5.97 Å². The van der Waals surface area contributed by atoms with Crippen LogP contribution in [0.5, 0.6) is 0 Å². The van der Waals surface area contributed by atoms with Gasteiger partial charge in [0, 0.05) is 13.1 Å². The average Bonchev–Trinajstić information content (AvgIpc) is 3.29. The summed E-state index contributed by atoms with van der Waals surface area (Å²) in [6.07, 6.45) is 2.30. The average molecular weight is 355 g/mol. The summed E-state index contributed by atoms with van der Waals surface area (Å²) in [5.74, 6) is -2.61. The molecule has 0 aromatic rings. The van der Waals surface area contributed by atoms with E-state index in [0.717, 1.165) is 12.8 Å². The lowest BCUT2D eigenvalue weighted by Gasteiger charge is -2.20. The first-order chi connectivity index (χ1) is 11.7. The number of carbonyl (C=O) groups is 3. The van der Waals surface area contributed by atoms with Crippen molar-refractivity contribution in [1.82, 2.24) is 16.0 Å². The van der Waals surface area contributed by atoms with Crippen LogP contribution in [0.25, 0.3) is 0 Å². The standard InChI is InChI=1S/C16H29N5O4/c1-9(2)7-12(21-13(22)10-8-11(10)15(24)25)14(23)19-5-3-4-6-20-16(17)18/h9-12H,3-8H2,1-2H3,(H,19,23)(H,21,22)(H,24,25)(H4,17,18,20). The minimum atomic E-state index is -0.968. The van der Waals surface area contributed by atoms with Crippen molar-refractivity contribution < 1.29 is 19.5 Å². The maximum absolute atomic E-state index is 12.3. The third-order valence-corrected chi connectivity index (χ3v) is 4.00. The second-order valence-electron chi connectivity index (χ2n) is 6.82. The van der Waals surface area contributed by atoms with E-state index in [0.29, 0.717) is 25.9 Å². The van der Waals surface area contributed by atoms with Crippen LogP contribution >= 0.6 is 0 Å². The molecule has 0 aromatic heterocycles. The second-order valence-corrected chi connectivity index (χ2v) is 6.82. The molecule has 1 fully saturated rings. The monoisotopic (exact) mass is 355 g/mol. The highest BCUT2D eigenvalue weighted by molar-refractivity contribution is 5.93. The molecule has 9 nitrogen and oxygen atoms in total. The van der Waals surface area contributed by atoms with Crippen LogP contribution < -0.4 is 21.7 Å². The van der Waals surface area contributed by atoms with E-state index in [1.54, 1.807) is 0 Å². The Hall–Kier alpha value is -2.32. The van der Waals surface area contributed by atoms with Crippen molar-refractivity contribution in [3.05, 3.63) is 0 Å². The lowest BCUT2D eigenvalue weighted by molar-refractivity contribution is -0.140. The van der Waals surface area contributed by atoms with Gasteiger partial charge in [-0.1, -0.05) is 13.8 Å². The van der Waals surface area contributed by atoms with Gasteiger partial charge < -0.3 is 26.8 Å². The quantitative estimate of drug-likeness (QED) is 0.168. The molecule has 0 bridgehead atoms. The summed E-state index contributed by atoms with van der Waals surface area (Å²) in [6, 6.07) is -0.655. The fourth-order valence-corrected chi connectivity index (χ4v) is 2.55.